The molecule has 1 heterocycles. The smallest absolute Gasteiger partial charge is 0.246 e. The molecular formula is C19H26N2O3. The number of benzene rings is 1. The number of aromatic amines is 1. The number of methoxy groups -OCH3 is 2. The highest BCUT2D eigenvalue weighted by Crippen LogP contribution is 2.18. The Morgan fingerprint density at radius 2 is 2.00 bits per heavy atom. The second-order valence-electron chi connectivity index (χ2n) is 5.62. The van der Waals surface area contributed by atoms with Crippen LogP contribution >= 0.6 is 0 Å². The van der Waals surface area contributed by atoms with Crippen LogP contribution in [-0.4, -0.2) is 49.4 Å². The number of aromatic nitrogens is 1. The molecule has 2 aromatic rings. The lowest BCUT2D eigenvalue weighted by molar-refractivity contribution is -0.130. The van der Waals surface area contributed by atoms with E-state index in [1.807, 2.05) is 30.2 Å². The average molecular weight is 330 g/mol. The Labute approximate surface area is 143 Å². The van der Waals surface area contributed by atoms with E-state index in [0.29, 0.717) is 19.5 Å². The number of hydrogen-bond acceptors (Lipinski definition) is 3. The van der Waals surface area contributed by atoms with Gasteiger partial charge in [-0.15, -0.1) is 0 Å². The van der Waals surface area contributed by atoms with E-state index < -0.39 is 0 Å². The van der Waals surface area contributed by atoms with Crippen LogP contribution in [0.2, 0.25) is 0 Å². The van der Waals surface area contributed by atoms with Gasteiger partial charge < -0.3 is 19.4 Å². The van der Waals surface area contributed by atoms with Crippen LogP contribution < -0.4 is 0 Å². The van der Waals surface area contributed by atoms with Crippen molar-refractivity contribution in [1.82, 2.24) is 9.88 Å². The molecule has 130 valence electrons. The van der Waals surface area contributed by atoms with Crippen molar-refractivity contribution < 1.29 is 14.3 Å². The number of carbonyl (C=O) groups is 1. The first kappa shape index (κ1) is 18.2. The molecule has 1 amide bonds. The minimum absolute atomic E-state index is 0.0169. The maximum Gasteiger partial charge on any atom is 0.246 e. The zero-order valence-electron chi connectivity index (χ0n) is 14.6. The minimum atomic E-state index is -0.293. The van der Waals surface area contributed by atoms with Crippen LogP contribution in [0.5, 0.6) is 0 Å². The molecule has 0 aliphatic rings. The third-order valence-corrected chi connectivity index (χ3v) is 4.11. The Balaban J connectivity index is 2.03. The molecule has 1 aromatic carbocycles. The van der Waals surface area contributed by atoms with E-state index in [2.05, 4.69) is 17.1 Å². The van der Waals surface area contributed by atoms with E-state index in [0.717, 1.165) is 11.9 Å². The van der Waals surface area contributed by atoms with Crippen molar-refractivity contribution in [2.24, 2.45) is 0 Å². The third-order valence-electron chi connectivity index (χ3n) is 4.11. The maximum atomic E-state index is 12.3. The summed E-state index contributed by atoms with van der Waals surface area (Å²) in [4.78, 5) is 17.4. The van der Waals surface area contributed by atoms with Crippen LogP contribution in [0.15, 0.2) is 42.6 Å². The molecule has 0 aliphatic heterocycles. The summed E-state index contributed by atoms with van der Waals surface area (Å²) in [7, 11) is 3.22. The first-order valence-electron chi connectivity index (χ1n) is 8.21. The number of H-pyrrole nitrogens is 1. The van der Waals surface area contributed by atoms with E-state index in [9.17, 15) is 4.79 Å². The second-order valence-corrected chi connectivity index (χ2v) is 5.62. The number of rotatable bonds is 9. The molecule has 0 atom stereocenters. The zero-order chi connectivity index (χ0) is 17.4. The van der Waals surface area contributed by atoms with Gasteiger partial charge in [-0.1, -0.05) is 24.3 Å². The number of nitrogens with one attached hydrogen (secondary N) is 1. The molecule has 5 nitrogen and oxygen atoms in total. The van der Waals surface area contributed by atoms with E-state index in [4.69, 9.17) is 9.47 Å². The molecule has 0 unspecified atom stereocenters. The van der Waals surface area contributed by atoms with Crippen molar-refractivity contribution in [2.45, 2.75) is 26.1 Å². The average Bonchev–Trinajstić information content (AvgIpc) is 3.01. The Kier molecular flexibility index (Phi) is 7.03. The van der Waals surface area contributed by atoms with E-state index in [-0.39, 0.29) is 12.2 Å². The van der Waals surface area contributed by atoms with Crippen molar-refractivity contribution in [1.29, 1.82) is 0 Å². The summed E-state index contributed by atoms with van der Waals surface area (Å²) in [6.07, 6.45) is 6.55. The molecule has 0 saturated heterocycles. The Morgan fingerprint density at radius 1 is 1.25 bits per heavy atom. The highest BCUT2D eigenvalue weighted by Gasteiger charge is 2.15. The highest BCUT2D eigenvalue weighted by atomic mass is 16.7. The van der Waals surface area contributed by atoms with Crippen LogP contribution in [0.3, 0.4) is 0 Å². The number of ether oxygens (including phenoxy) is 2. The van der Waals surface area contributed by atoms with Crippen molar-refractivity contribution in [3.05, 3.63) is 48.2 Å². The monoisotopic (exact) mass is 330 g/mol. The number of para-hydroxylation sites is 1. The minimum Gasteiger partial charge on any atom is -0.361 e. The van der Waals surface area contributed by atoms with Crippen molar-refractivity contribution >= 4 is 16.8 Å². The van der Waals surface area contributed by atoms with Crippen molar-refractivity contribution in [3.63, 3.8) is 0 Å². The number of fused-ring (bicyclic) bond motifs is 1. The van der Waals surface area contributed by atoms with Crippen LogP contribution in [-0.2, 0) is 20.7 Å². The van der Waals surface area contributed by atoms with Crippen molar-refractivity contribution in [3.8, 4) is 0 Å². The lowest BCUT2D eigenvalue weighted by Crippen LogP contribution is -2.34. The van der Waals surface area contributed by atoms with Gasteiger partial charge in [0.2, 0.25) is 5.91 Å². The first-order valence-corrected chi connectivity index (χ1v) is 8.21. The van der Waals surface area contributed by atoms with Crippen molar-refractivity contribution in [2.75, 3.05) is 27.3 Å². The molecule has 0 fully saturated rings. The summed E-state index contributed by atoms with van der Waals surface area (Å²) in [5.74, 6) is 0.0169. The number of hydrogen-bond donors (Lipinski definition) is 1. The summed E-state index contributed by atoms with van der Waals surface area (Å²) in [6.45, 7) is 3.10. The summed E-state index contributed by atoms with van der Waals surface area (Å²) >= 11 is 0. The Morgan fingerprint density at radius 3 is 2.71 bits per heavy atom. The summed E-state index contributed by atoms with van der Waals surface area (Å²) in [6, 6.07) is 8.21. The molecular weight excluding hydrogens is 304 g/mol. The van der Waals surface area contributed by atoms with Crippen LogP contribution in [0.1, 0.15) is 18.9 Å². The van der Waals surface area contributed by atoms with Gasteiger partial charge in [-0.3, -0.25) is 4.79 Å². The molecule has 1 N–H and O–H groups in total. The Bertz CT molecular complexity index is 674. The van der Waals surface area contributed by atoms with Crippen LogP contribution in [0.4, 0.5) is 0 Å². The first-order chi connectivity index (χ1) is 11.7. The van der Waals surface area contributed by atoms with Gasteiger partial charge in [0.05, 0.1) is 0 Å². The van der Waals surface area contributed by atoms with Gasteiger partial charge in [0.25, 0.3) is 0 Å². The summed E-state index contributed by atoms with van der Waals surface area (Å²) < 4.78 is 10.4. The molecule has 0 aliphatic carbocycles. The van der Waals surface area contributed by atoms with Gasteiger partial charge in [0, 0.05) is 50.8 Å². The van der Waals surface area contributed by atoms with Crippen LogP contribution in [0.25, 0.3) is 10.9 Å². The second kappa shape index (κ2) is 9.25. The predicted molar refractivity (Wildman–Crippen MR) is 95.8 cm³/mol. The summed E-state index contributed by atoms with van der Waals surface area (Å²) in [5, 5.41) is 1.21. The molecule has 1 aromatic heterocycles. The normalized spacial score (nSPS) is 11.7. The molecule has 24 heavy (non-hydrogen) atoms. The van der Waals surface area contributed by atoms with E-state index in [1.165, 1.54) is 10.9 Å². The van der Waals surface area contributed by atoms with E-state index >= 15 is 0 Å². The quantitative estimate of drug-likeness (QED) is 0.568. The molecule has 5 heteroatoms. The van der Waals surface area contributed by atoms with Gasteiger partial charge in [-0.2, -0.15) is 0 Å². The summed E-state index contributed by atoms with van der Waals surface area (Å²) in [5.41, 5.74) is 2.34. The Hall–Kier alpha value is -2.11. The third kappa shape index (κ3) is 4.69. The fourth-order valence-electron chi connectivity index (χ4n) is 2.77. The molecule has 0 radical (unpaired) electrons. The predicted octanol–water partition coefficient (Wildman–Crippen LogP) is 3.12. The SMILES string of the molecule is C/C=C/C(=O)N(CCc1c[nH]c2ccccc12)CCC(OC)OC. The largest absolute Gasteiger partial charge is 0.361 e. The number of nitrogens with zero attached hydrogens (tertiary/aromatic N) is 1. The molecule has 0 bridgehead atoms. The molecule has 0 spiro atoms. The number of allylic oxidation sites excluding steroid dienone is 1. The van der Waals surface area contributed by atoms with Gasteiger partial charge in [-0.25, -0.2) is 0 Å². The lowest BCUT2D eigenvalue weighted by atomic mass is 10.1. The lowest BCUT2D eigenvalue weighted by Gasteiger charge is -2.23. The maximum absolute atomic E-state index is 12.3. The number of carbonyl (C=O) groups excluding carboxylic acids is 1. The van der Waals surface area contributed by atoms with Gasteiger partial charge in [0.1, 0.15) is 0 Å². The van der Waals surface area contributed by atoms with E-state index in [1.54, 1.807) is 26.4 Å². The fourth-order valence-corrected chi connectivity index (χ4v) is 2.77. The molecule has 2 rings (SSSR count). The van der Waals surface area contributed by atoms with Crippen LogP contribution in [0, 0.1) is 0 Å². The molecule has 0 saturated carbocycles. The zero-order valence-corrected chi connectivity index (χ0v) is 14.6. The standard InChI is InChI=1S/C19H26N2O3/c1-4-7-18(22)21(13-11-19(23-2)24-3)12-10-15-14-20-17-9-6-5-8-16(15)17/h4-9,14,19-20H,10-13H2,1-3H3/b7-4+. The highest BCUT2D eigenvalue weighted by molar-refractivity contribution is 5.87. The van der Waals surface area contributed by atoms with Gasteiger partial charge in [-0.05, 0) is 31.1 Å². The number of amides is 1. The fraction of sp³-hybridized carbons (Fsp3) is 0.421. The topological polar surface area (TPSA) is 54.6 Å². The van der Waals surface area contributed by atoms with Gasteiger partial charge >= 0.3 is 0 Å². The van der Waals surface area contributed by atoms with Gasteiger partial charge in [0.15, 0.2) is 6.29 Å².